The molecule has 4 nitrogen and oxygen atoms in total. The van der Waals surface area contributed by atoms with Crippen molar-refractivity contribution in [1.82, 2.24) is 0 Å². The van der Waals surface area contributed by atoms with Crippen LogP contribution in [0.15, 0.2) is 0 Å². The molecule has 1 aliphatic rings. The van der Waals surface area contributed by atoms with Gasteiger partial charge in [0.2, 0.25) is 0 Å². The van der Waals surface area contributed by atoms with E-state index < -0.39 is 11.9 Å². The van der Waals surface area contributed by atoms with Crippen LogP contribution in [0.2, 0.25) is 0 Å². The molecule has 0 bridgehead atoms. The Balaban J connectivity index is 0.000000425. The molecule has 0 aromatic carbocycles. The number of aliphatic hydroxyl groups excluding tert-OH is 1. The summed E-state index contributed by atoms with van der Waals surface area (Å²) in [6, 6.07) is 0. The van der Waals surface area contributed by atoms with E-state index in [1.807, 2.05) is 0 Å². The number of hydrogen-bond donors (Lipinski definition) is 1. The summed E-state index contributed by atoms with van der Waals surface area (Å²) in [5, 5.41) is 8.57. The molecule has 0 aliphatic carbocycles. The van der Waals surface area contributed by atoms with Crippen molar-refractivity contribution >= 4 is 33.5 Å². The number of aliphatic hydroxyl groups is 1. The minimum absolute atomic E-state index is 0.274. The Morgan fingerprint density at radius 1 is 0.818 bits per heavy atom. The molecule has 22 heavy (non-hydrogen) atoms. The summed E-state index contributed by atoms with van der Waals surface area (Å²) < 4.78 is 4.29. The Morgan fingerprint density at radius 2 is 1.23 bits per heavy atom. The molecule has 0 saturated carbocycles. The van der Waals surface area contributed by atoms with Crippen molar-refractivity contribution in [2.24, 2.45) is 0 Å². The maximum absolute atomic E-state index is 10.4. The quantitative estimate of drug-likeness (QED) is 0.273. The Hall–Kier alpha value is -0.200. The van der Waals surface area contributed by atoms with Gasteiger partial charge < -0.3 is 9.84 Å². The third kappa shape index (κ3) is 16.2. The molecule has 0 radical (unpaired) electrons. The number of esters is 2. The van der Waals surface area contributed by atoms with Crippen LogP contribution in [0.5, 0.6) is 0 Å². The second kappa shape index (κ2) is 17.2. The summed E-state index contributed by atoms with van der Waals surface area (Å²) in [4.78, 5) is 20.8. The summed E-state index contributed by atoms with van der Waals surface area (Å²) in [6.07, 6.45) is 13.3. The van der Waals surface area contributed by atoms with Crippen molar-refractivity contribution in [2.75, 3.05) is 18.1 Å². The van der Waals surface area contributed by atoms with Gasteiger partial charge in [-0.1, -0.05) is 86.3 Å². The van der Waals surface area contributed by atoms with Crippen LogP contribution in [-0.2, 0) is 14.3 Å². The van der Waals surface area contributed by atoms with Crippen LogP contribution in [0.3, 0.4) is 0 Å². The monoisotopic (exact) mass is 350 g/mol. The number of rotatable bonds is 10. The van der Waals surface area contributed by atoms with E-state index in [4.69, 9.17) is 5.11 Å². The minimum Gasteiger partial charge on any atom is -0.396 e. The Labute approximate surface area is 142 Å². The molecule has 1 fully saturated rings. The highest BCUT2D eigenvalue weighted by Crippen LogP contribution is 2.23. The molecule has 0 amide bonds. The van der Waals surface area contributed by atoms with Crippen molar-refractivity contribution in [3.8, 4) is 0 Å². The van der Waals surface area contributed by atoms with Crippen LogP contribution in [0.1, 0.15) is 71.1 Å². The van der Waals surface area contributed by atoms with E-state index in [-0.39, 0.29) is 11.5 Å². The van der Waals surface area contributed by atoms with Gasteiger partial charge in [-0.2, -0.15) is 0 Å². The van der Waals surface area contributed by atoms with Gasteiger partial charge >= 0.3 is 11.9 Å². The molecule has 0 aromatic heterocycles. The Bertz CT molecular complexity index is 259. The lowest BCUT2D eigenvalue weighted by Gasteiger charge is -2.00. The normalized spacial score (nSPS) is 14.8. The first-order valence-corrected chi connectivity index (χ1v) is 10.8. The summed E-state index contributed by atoms with van der Waals surface area (Å²) >= 11 is 0. The largest absolute Gasteiger partial charge is 0.396 e. The zero-order valence-electron chi connectivity index (χ0n) is 13.7. The molecule has 0 atom stereocenters. The molecule has 130 valence electrons. The van der Waals surface area contributed by atoms with Crippen molar-refractivity contribution in [3.05, 3.63) is 0 Å². The topological polar surface area (TPSA) is 63.6 Å². The van der Waals surface area contributed by atoms with Gasteiger partial charge in [0.1, 0.15) is 11.5 Å². The lowest BCUT2D eigenvalue weighted by atomic mass is 10.1. The smallest absolute Gasteiger partial charge is 0.324 e. The number of carbonyl (C=O) groups excluding carboxylic acids is 2. The van der Waals surface area contributed by atoms with Crippen molar-refractivity contribution in [2.45, 2.75) is 71.1 Å². The van der Waals surface area contributed by atoms with Gasteiger partial charge in [-0.15, -0.1) is 0 Å². The van der Waals surface area contributed by atoms with E-state index in [9.17, 15) is 9.59 Å². The maximum Gasteiger partial charge on any atom is 0.324 e. The van der Waals surface area contributed by atoms with Crippen LogP contribution in [0, 0.1) is 0 Å². The second-order valence-corrected chi connectivity index (χ2v) is 7.74. The van der Waals surface area contributed by atoms with Gasteiger partial charge in [-0.25, -0.2) is 0 Å². The van der Waals surface area contributed by atoms with Gasteiger partial charge in [-0.05, 0) is 6.42 Å². The zero-order chi connectivity index (χ0) is 16.5. The van der Waals surface area contributed by atoms with Gasteiger partial charge in [0.05, 0.1) is 0 Å². The molecule has 1 saturated heterocycles. The predicted octanol–water partition coefficient (Wildman–Crippen LogP) is 4.35. The number of carbonyl (C=O) groups is 2. The van der Waals surface area contributed by atoms with Crippen LogP contribution in [0.25, 0.3) is 0 Å². The summed E-state index contributed by atoms with van der Waals surface area (Å²) in [5.41, 5.74) is 0. The summed E-state index contributed by atoms with van der Waals surface area (Å²) in [7, 11) is 2.70. The fourth-order valence-corrected chi connectivity index (χ4v) is 3.52. The molecule has 0 unspecified atom stereocenters. The van der Waals surface area contributed by atoms with Gasteiger partial charge in [0, 0.05) is 6.61 Å². The van der Waals surface area contributed by atoms with Crippen LogP contribution in [0.4, 0.5) is 0 Å². The second-order valence-electron chi connectivity index (χ2n) is 5.28. The lowest BCUT2D eigenvalue weighted by molar-refractivity contribution is -0.155. The average Bonchev–Trinajstić information content (AvgIpc) is 2.69. The number of unbranched alkanes of at least 4 members (excludes halogenated alkanes) is 9. The first kappa shape index (κ1) is 21.8. The van der Waals surface area contributed by atoms with Crippen molar-refractivity contribution in [1.29, 1.82) is 0 Å². The molecule has 0 spiro atoms. The van der Waals surface area contributed by atoms with E-state index in [0.29, 0.717) is 6.61 Å². The highest BCUT2D eigenvalue weighted by atomic mass is 33.1. The predicted molar refractivity (Wildman–Crippen MR) is 94.9 cm³/mol. The average molecular weight is 351 g/mol. The third-order valence-corrected chi connectivity index (χ3v) is 5.26. The molecular weight excluding hydrogens is 320 g/mol. The SMILES string of the molecule is CCCCCCCCCCCCO.O=C1CSSCC(=O)O1. The first-order chi connectivity index (χ1) is 10.7. The minimum atomic E-state index is -0.435. The molecule has 1 aliphatic heterocycles. The number of hydrogen-bond acceptors (Lipinski definition) is 6. The standard InChI is InChI=1S/C12H26O.C4H4O3S2/c1-2-3-4-5-6-7-8-9-10-11-12-13;5-3-1-8-9-2-4(6)7-3/h13H,2-12H2,1H3;1-2H2. The van der Waals surface area contributed by atoms with E-state index in [0.717, 1.165) is 6.42 Å². The van der Waals surface area contributed by atoms with Crippen LogP contribution < -0.4 is 0 Å². The van der Waals surface area contributed by atoms with Gasteiger partial charge in [0.15, 0.2) is 0 Å². The Morgan fingerprint density at radius 3 is 1.64 bits per heavy atom. The van der Waals surface area contributed by atoms with E-state index >= 15 is 0 Å². The van der Waals surface area contributed by atoms with E-state index in [1.54, 1.807) is 0 Å². The van der Waals surface area contributed by atoms with Gasteiger partial charge in [0.25, 0.3) is 0 Å². The molecule has 1 heterocycles. The maximum atomic E-state index is 10.4. The lowest BCUT2D eigenvalue weighted by Crippen LogP contribution is -2.12. The van der Waals surface area contributed by atoms with Crippen LogP contribution in [-0.4, -0.2) is 35.2 Å². The van der Waals surface area contributed by atoms with Crippen LogP contribution >= 0.6 is 21.6 Å². The zero-order valence-corrected chi connectivity index (χ0v) is 15.3. The number of cyclic esters (lactones) is 2. The third-order valence-electron chi connectivity index (χ3n) is 3.18. The fourth-order valence-electron chi connectivity index (χ4n) is 1.96. The Kier molecular flexibility index (Phi) is 17.0. The molecule has 0 aromatic rings. The molecular formula is C16H30O4S2. The van der Waals surface area contributed by atoms with E-state index in [1.165, 1.54) is 79.4 Å². The summed E-state index contributed by atoms with van der Waals surface area (Å²) in [6.45, 7) is 2.63. The van der Waals surface area contributed by atoms with E-state index in [2.05, 4.69) is 11.7 Å². The van der Waals surface area contributed by atoms with Crippen molar-refractivity contribution < 1.29 is 19.4 Å². The van der Waals surface area contributed by atoms with Gasteiger partial charge in [-0.3, -0.25) is 9.59 Å². The fraction of sp³-hybridized carbons (Fsp3) is 0.875. The highest BCUT2D eigenvalue weighted by Gasteiger charge is 2.15. The first-order valence-electron chi connectivity index (χ1n) is 8.29. The molecule has 6 heteroatoms. The highest BCUT2D eigenvalue weighted by molar-refractivity contribution is 8.77. The van der Waals surface area contributed by atoms with Crippen molar-refractivity contribution in [3.63, 3.8) is 0 Å². The molecule has 1 rings (SSSR count). The molecule has 1 N–H and O–H groups in total. The summed E-state index contributed by atoms with van der Waals surface area (Å²) in [5.74, 6) is -0.322. The number of ether oxygens (including phenoxy) is 1.